The first-order chi connectivity index (χ1) is 9.93. The van der Waals surface area contributed by atoms with Crippen LogP contribution in [0.4, 0.5) is 0 Å². The highest BCUT2D eigenvalue weighted by atomic mass is 16.5. The molecule has 0 aromatic carbocycles. The van der Waals surface area contributed by atoms with Gasteiger partial charge < -0.3 is 9.84 Å². The van der Waals surface area contributed by atoms with Crippen molar-refractivity contribution in [3.05, 3.63) is 12.2 Å². The first-order valence-corrected chi connectivity index (χ1v) is 8.04. The summed E-state index contributed by atoms with van der Waals surface area (Å²) in [7, 11) is 0. The predicted molar refractivity (Wildman–Crippen MR) is 77.6 cm³/mol. The molecule has 1 N–H and O–H groups in total. The quantitative estimate of drug-likeness (QED) is 0.624. The molecule has 0 saturated heterocycles. The zero-order chi connectivity index (χ0) is 15.2. The Morgan fingerprint density at radius 3 is 2.38 bits per heavy atom. The van der Waals surface area contributed by atoms with Crippen LogP contribution in [0.2, 0.25) is 0 Å². The van der Waals surface area contributed by atoms with Crippen molar-refractivity contribution in [2.75, 3.05) is 0 Å². The van der Waals surface area contributed by atoms with Crippen LogP contribution in [0.3, 0.4) is 0 Å². The lowest BCUT2D eigenvalue weighted by molar-refractivity contribution is -0.191. The normalized spacial score (nSPS) is 40.0. The molecule has 4 aliphatic rings. The Balaban J connectivity index is 1.74. The molecule has 4 saturated carbocycles. The second kappa shape index (κ2) is 5.15. The number of carboxylic acid groups (broad SMARTS) is 1. The minimum Gasteiger partial charge on any atom is -0.481 e. The summed E-state index contributed by atoms with van der Waals surface area (Å²) in [5.41, 5.74) is 0.191. The van der Waals surface area contributed by atoms with Gasteiger partial charge in [0.2, 0.25) is 0 Å². The molecule has 0 amide bonds. The van der Waals surface area contributed by atoms with Crippen molar-refractivity contribution >= 4 is 11.9 Å². The highest BCUT2D eigenvalue weighted by Gasteiger charge is 2.57. The molecular weight excluding hydrogens is 268 g/mol. The molecule has 4 bridgehead atoms. The maximum absolute atomic E-state index is 12.1. The van der Waals surface area contributed by atoms with E-state index in [1.807, 2.05) is 0 Å². The summed E-state index contributed by atoms with van der Waals surface area (Å²) in [4.78, 5) is 22.8. The average Bonchev–Trinajstić information content (AvgIpc) is 2.41. The Morgan fingerprint density at radius 1 is 1.24 bits per heavy atom. The second-order valence-corrected chi connectivity index (χ2v) is 7.32. The van der Waals surface area contributed by atoms with Crippen LogP contribution in [0.25, 0.3) is 0 Å². The smallest absolute Gasteiger partial charge is 0.334 e. The van der Waals surface area contributed by atoms with Gasteiger partial charge in [-0.3, -0.25) is 4.79 Å². The molecule has 0 aliphatic heterocycles. The zero-order valence-corrected chi connectivity index (χ0v) is 12.6. The van der Waals surface area contributed by atoms with E-state index in [1.165, 1.54) is 32.1 Å². The molecule has 4 aliphatic carbocycles. The molecular formula is C17H24O4. The third kappa shape index (κ3) is 2.49. The van der Waals surface area contributed by atoms with Crippen LogP contribution in [0, 0.1) is 23.2 Å². The van der Waals surface area contributed by atoms with Gasteiger partial charge in [-0.15, -0.1) is 0 Å². The number of hydrogen-bond donors (Lipinski definition) is 1. The maximum atomic E-state index is 12.1. The molecule has 0 heterocycles. The number of aliphatic carboxylic acids is 1. The highest BCUT2D eigenvalue weighted by molar-refractivity contribution is 5.92. The van der Waals surface area contributed by atoms with Crippen molar-refractivity contribution in [3.63, 3.8) is 0 Å². The van der Waals surface area contributed by atoms with Crippen molar-refractivity contribution in [2.45, 2.75) is 58.0 Å². The van der Waals surface area contributed by atoms with E-state index in [0.717, 1.165) is 18.3 Å². The summed E-state index contributed by atoms with van der Waals surface area (Å²) in [6.07, 6.45) is 6.70. The number of hydrogen-bond acceptors (Lipinski definition) is 3. The molecule has 21 heavy (non-hydrogen) atoms. The Morgan fingerprint density at radius 2 is 1.86 bits per heavy atom. The molecule has 4 rings (SSSR count). The van der Waals surface area contributed by atoms with Gasteiger partial charge in [-0.05, 0) is 56.3 Å². The third-order valence-corrected chi connectivity index (χ3v) is 5.95. The van der Waals surface area contributed by atoms with Crippen LogP contribution < -0.4 is 0 Å². The average molecular weight is 292 g/mol. The van der Waals surface area contributed by atoms with Gasteiger partial charge in [0.25, 0.3) is 0 Å². The first kappa shape index (κ1) is 14.6. The van der Waals surface area contributed by atoms with Crippen molar-refractivity contribution in [3.8, 4) is 0 Å². The summed E-state index contributed by atoms with van der Waals surface area (Å²) in [6, 6.07) is 0. The number of carbonyl (C=O) groups excluding carboxylic acids is 1. The van der Waals surface area contributed by atoms with Crippen molar-refractivity contribution in [1.82, 2.24) is 0 Å². The molecule has 0 aromatic rings. The fourth-order valence-electron chi connectivity index (χ4n) is 5.33. The lowest BCUT2D eigenvalue weighted by Gasteiger charge is -2.60. The summed E-state index contributed by atoms with van der Waals surface area (Å²) >= 11 is 0. The number of carboxylic acids is 1. The number of carbonyl (C=O) groups is 2. The van der Waals surface area contributed by atoms with Crippen LogP contribution in [0.5, 0.6) is 0 Å². The monoisotopic (exact) mass is 292 g/mol. The van der Waals surface area contributed by atoms with E-state index < -0.39 is 11.9 Å². The molecule has 0 spiro atoms. The minimum absolute atomic E-state index is 0.0339. The van der Waals surface area contributed by atoms with Gasteiger partial charge in [0.15, 0.2) is 0 Å². The van der Waals surface area contributed by atoms with E-state index in [2.05, 4.69) is 13.5 Å². The molecule has 4 heteroatoms. The number of esters is 1. The standard InChI is InChI=1S/C17H24O4/c1-3-17-8-11-5-12(9-17)7-13(6-11)15(17)21-16(20)10(2)4-14(18)19/h11-13,15H,2-9H2,1H3,(H,18,19). The molecule has 4 nitrogen and oxygen atoms in total. The van der Waals surface area contributed by atoms with Crippen molar-refractivity contribution < 1.29 is 19.4 Å². The summed E-state index contributed by atoms with van der Waals surface area (Å²) in [5.74, 6) is 0.534. The molecule has 4 fully saturated rings. The number of rotatable bonds is 5. The van der Waals surface area contributed by atoms with Crippen LogP contribution in [-0.2, 0) is 14.3 Å². The SMILES string of the molecule is C=C(CC(=O)O)C(=O)OC1C2CC3CC(C2)CC1(CC)C3. The second-order valence-electron chi connectivity index (χ2n) is 7.32. The van der Waals surface area contributed by atoms with Gasteiger partial charge >= 0.3 is 11.9 Å². The highest BCUT2D eigenvalue weighted by Crippen LogP contribution is 2.62. The molecule has 116 valence electrons. The Hall–Kier alpha value is -1.32. The molecule has 0 aromatic heterocycles. The van der Waals surface area contributed by atoms with Gasteiger partial charge in [0.05, 0.1) is 6.42 Å². The predicted octanol–water partition coefficient (Wildman–Crippen LogP) is 3.17. The van der Waals surface area contributed by atoms with E-state index in [9.17, 15) is 9.59 Å². The van der Waals surface area contributed by atoms with E-state index in [0.29, 0.717) is 5.92 Å². The van der Waals surface area contributed by atoms with E-state index in [1.54, 1.807) is 0 Å². The first-order valence-electron chi connectivity index (χ1n) is 8.04. The van der Waals surface area contributed by atoms with Crippen LogP contribution in [0.1, 0.15) is 51.9 Å². The third-order valence-electron chi connectivity index (χ3n) is 5.95. The van der Waals surface area contributed by atoms with E-state index >= 15 is 0 Å². The summed E-state index contributed by atoms with van der Waals surface area (Å²) < 4.78 is 5.78. The van der Waals surface area contributed by atoms with Gasteiger partial charge in [0, 0.05) is 11.0 Å². The topological polar surface area (TPSA) is 63.6 Å². The van der Waals surface area contributed by atoms with Crippen LogP contribution >= 0.6 is 0 Å². The van der Waals surface area contributed by atoms with Gasteiger partial charge in [-0.2, -0.15) is 0 Å². The largest absolute Gasteiger partial charge is 0.481 e. The number of ether oxygens (including phenoxy) is 1. The van der Waals surface area contributed by atoms with Crippen molar-refractivity contribution in [1.29, 1.82) is 0 Å². The van der Waals surface area contributed by atoms with Gasteiger partial charge in [-0.25, -0.2) is 4.79 Å². The maximum Gasteiger partial charge on any atom is 0.334 e. The molecule has 0 radical (unpaired) electrons. The van der Waals surface area contributed by atoms with Crippen LogP contribution in [-0.4, -0.2) is 23.1 Å². The van der Waals surface area contributed by atoms with Crippen LogP contribution in [0.15, 0.2) is 12.2 Å². The lowest BCUT2D eigenvalue weighted by atomic mass is 9.47. The van der Waals surface area contributed by atoms with Crippen molar-refractivity contribution in [2.24, 2.45) is 23.2 Å². The minimum atomic E-state index is -1.03. The molecule has 3 atom stereocenters. The Bertz CT molecular complexity index is 467. The zero-order valence-electron chi connectivity index (χ0n) is 12.6. The fourth-order valence-corrected chi connectivity index (χ4v) is 5.33. The summed E-state index contributed by atoms with van der Waals surface area (Å²) in [6.45, 7) is 5.77. The van der Waals surface area contributed by atoms with E-state index in [-0.39, 0.29) is 23.5 Å². The van der Waals surface area contributed by atoms with Gasteiger partial charge in [-0.1, -0.05) is 13.5 Å². The van der Waals surface area contributed by atoms with Gasteiger partial charge in [0.1, 0.15) is 6.10 Å². The molecule has 3 unspecified atom stereocenters. The van der Waals surface area contributed by atoms with E-state index in [4.69, 9.17) is 9.84 Å². The fraction of sp³-hybridized carbons (Fsp3) is 0.765. The summed E-state index contributed by atoms with van der Waals surface area (Å²) in [5, 5.41) is 8.77. The Kier molecular flexibility index (Phi) is 3.58. The lowest BCUT2D eigenvalue weighted by Crippen LogP contribution is -2.57. The Labute approximate surface area is 125 Å².